The Morgan fingerprint density at radius 3 is 2.32 bits per heavy atom. The molecule has 2 aliphatic rings. The molecular formula is C15H30N4. The maximum Gasteiger partial charge on any atom is 0.191 e. The molecule has 0 aromatic rings. The van der Waals surface area contributed by atoms with Crippen molar-refractivity contribution in [1.29, 1.82) is 0 Å². The smallest absolute Gasteiger partial charge is 0.191 e. The standard InChI is InChI=1S/C15H30N4/c1-18(2)12-13-8-10-19(11-9-13)15(16)17-14-6-4-3-5-7-14/h13-14H,3-12H2,1-2H3,(H2,16,17). The van der Waals surface area contributed by atoms with Crippen molar-refractivity contribution < 1.29 is 0 Å². The van der Waals surface area contributed by atoms with Crippen molar-refractivity contribution in [3.8, 4) is 0 Å². The summed E-state index contributed by atoms with van der Waals surface area (Å²) >= 11 is 0. The third-order valence-corrected chi connectivity index (χ3v) is 4.45. The Balaban J connectivity index is 1.78. The molecule has 0 atom stereocenters. The molecule has 1 aliphatic heterocycles. The summed E-state index contributed by atoms with van der Waals surface area (Å²) in [6.45, 7) is 3.37. The molecule has 0 aromatic heterocycles. The van der Waals surface area contributed by atoms with Gasteiger partial charge in [-0.05, 0) is 45.7 Å². The highest BCUT2D eigenvalue weighted by atomic mass is 15.3. The lowest BCUT2D eigenvalue weighted by Crippen LogP contribution is -2.44. The van der Waals surface area contributed by atoms with E-state index in [1.807, 2.05) is 0 Å². The van der Waals surface area contributed by atoms with Crippen molar-refractivity contribution in [3.05, 3.63) is 0 Å². The second-order valence-electron chi connectivity index (χ2n) is 6.47. The summed E-state index contributed by atoms with van der Waals surface area (Å²) < 4.78 is 0. The first-order valence-electron chi connectivity index (χ1n) is 7.88. The molecular weight excluding hydrogens is 236 g/mol. The van der Waals surface area contributed by atoms with Crippen LogP contribution in [0.25, 0.3) is 0 Å². The van der Waals surface area contributed by atoms with Crippen molar-refractivity contribution in [1.82, 2.24) is 9.80 Å². The third-order valence-electron chi connectivity index (χ3n) is 4.45. The molecule has 0 spiro atoms. The number of nitrogens with zero attached hydrogens (tertiary/aromatic N) is 3. The lowest BCUT2D eigenvalue weighted by atomic mass is 9.95. The Kier molecular flexibility index (Phi) is 5.49. The quantitative estimate of drug-likeness (QED) is 0.627. The van der Waals surface area contributed by atoms with Gasteiger partial charge in [-0.1, -0.05) is 19.3 Å². The number of rotatable bonds is 3. The van der Waals surface area contributed by atoms with Crippen molar-refractivity contribution in [2.24, 2.45) is 16.6 Å². The van der Waals surface area contributed by atoms with Crippen molar-refractivity contribution in [2.75, 3.05) is 33.7 Å². The Labute approximate surface area is 118 Å². The lowest BCUT2D eigenvalue weighted by molar-refractivity contribution is 0.217. The summed E-state index contributed by atoms with van der Waals surface area (Å²) in [4.78, 5) is 9.34. The van der Waals surface area contributed by atoms with Crippen LogP contribution in [0.2, 0.25) is 0 Å². The number of nitrogens with two attached hydrogens (primary N) is 1. The summed E-state index contributed by atoms with van der Waals surface area (Å²) in [5.74, 6) is 1.63. The fourth-order valence-corrected chi connectivity index (χ4v) is 3.34. The van der Waals surface area contributed by atoms with Gasteiger partial charge in [0, 0.05) is 19.6 Å². The van der Waals surface area contributed by atoms with Crippen LogP contribution in [0.5, 0.6) is 0 Å². The van der Waals surface area contributed by atoms with Gasteiger partial charge in [-0.25, -0.2) is 4.99 Å². The lowest BCUT2D eigenvalue weighted by Gasteiger charge is -2.34. The molecule has 19 heavy (non-hydrogen) atoms. The molecule has 110 valence electrons. The van der Waals surface area contributed by atoms with Gasteiger partial charge in [-0.15, -0.1) is 0 Å². The third kappa shape index (κ3) is 4.68. The zero-order chi connectivity index (χ0) is 13.7. The summed E-state index contributed by atoms with van der Waals surface area (Å²) in [7, 11) is 4.32. The fourth-order valence-electron chi connectivity index (χ4n) is 3.34. The maximum atomic E-state index is 6.19. The Morgan fingerprint density at radius 1 is 1.11 bits per heavy atom. The second-order valence-corrected chi connectivity index (χ2v) is 6.47. The minimum Gasteiger partial charge on any atom is -0.370 e. The summed E-state index contributed by atoms with van der Waals surface area (Å²) in [6, 6.07) is 0.494. The van der Waals surface area contributed by atoms with E-state index in [0.29, 0.717) is 6.04 Å². The van der Waals surface area contributed by atoms with Crippen LogP contribution >= 0.6 is 0 Å². The largest absolute Gasteiger partial charge is 0.370 e. The molecule has 2 rings (SSSR count). The van der Waals surface area contributed by atoms with Crippen LogP contribution in [-0.2, 0) is 0 Å². The highest BCUT2D eigenvalue weighted by Gasteiger charge is 2.21. The van der Waals surface area contributed by atoms with Crippen LogP contribution in [0.15, 0.2) is 4.99 Å². The number of hydrogen-bond donors (Lipinski definition) is 1. The predicted octanol–water partition coefficient (Wildman–Crippen LogP) is 1.91. The molecule has 1 saturated carbocycles. The normalized spacial score (nSPS) is 24.2. The molecule has 0 unspecified atom stereocenters. The van der Waals surface area contributed by atoms with Gasteiger partial charge in [0.2, 0.25) is 0 Å². The van der Waals surface area contributed by atoms with Gasteiger partial charge in [-0.3, -0.25) is 0 Å². The van der Waals surface area contributed by atoms with E-state index >= 15 is 0 Å². The molecule has 2 N–H and O–H groups in total. The topological polar surface area (TPSA) is 44.9 Å². The monoisotopic (exact) mass is 266 g/mol. The molecule has 1 heterocycles. The van der Waals surface area contributed by atoms with Gasteiger partial charge in [0.1, 0.15) is 0 Å². The Bertz CT molecular complexity index is 287. The number of hydrogen-bond acceptors (Lipinski definition) is 2. The molecule has 0 aromatic carbocycles. The van der Waals surface area contributed by atoms with Gasteiger partial charge in [-0.2, -0.15) is 0 Å². The summed E-state index contributed by atoms with van der Waals surface area (Å²) in [6.07, 6.45) is 8.99. The first-order chi connectivity index (χ1) is 9.15. The highest BCUT2D eigenvalue weighted by Crippen LogP contribution is 2.21. The van der Waals surface area contributed by atoms with E-state index in [1.54, 1.807) is 0 Å². The average Bonchev–Trinajstić information content (AvgIpc) is 2.40. The van der Waals surface area contributed by atoms with Gasteiger partial charge < -0.3 is 15.5 Å². The zero-order valence-electron chi connectivity index (χ0n) is 12.6. The van der Waals surface area contributed by atoms with Gasteiger partial charge >= 0.3 is 0 Å². The van der Waals surface area contributed by atoms with Crippen LogP contribution in [0, 0.1) is 5.92 Å². The first kappa shape index (κ1) is 14.6. The van der Waals surface area contributed by atoms with Crippen LogP contribution in [0.1, 0.15) is 44.9 Å². The molecule has 1 aliphatic carbocycles. The predicted molar refractivity (Wildman–Crippen MR) is 81.3 cm³/mol. The summed E-state index contributed by atoms with van der Waals surface area (Å²) in [5.41, 5.74) is 6.19. The van der Waals surface area contributed by atoms with Gasteiger partial charge in [0.05, 0.1) is 6.04 Å². The highest BCUT2D eigenvalue weighted by molar-refractivity contribution is 5.78. The molecule has 4 heteroatoms. The molecule has 0 amide bonds. The van der Waals surface area contributed by atoms with Gasteiger partial charge in [0.15, 0.2) is 5.96 Å². The average molecular weight is 266 g/mol. The first-order valence-corrected chi connectivity index (χ1v) is 7.88. The second kappa shape index (κ2) is 7.13. The fraction of sp³-hybridized carbons (Fsp3) is 0.933. The van der Waals surface area contributed by atoms with E-state index in [9.17, 15) is 0 Å². The minimum absolute atomic E-state index is 0.494. The maximum absolute atomic E-state index is 6.19. The van der Waals surface area contributed by atoms with E-state index in [1.165, 1.54) is 51.5 Å². The Hall–Kier alpha value is -0.770. The van der Waals surface area contributed by atoms with Gasteiger partial charge in [0.25, 0.3) is 0 Å². The SMILES string of the molecule is CN(C)CC1CCN(C(N)=NC2CCCCC2)CC1. The van der Waals surface area contributed by atoms with Crippen LogP contribution < -0.4 is 5.73 Å². The number of guanidine groups is 1. The van der Waals surface area contributed by atoms with Crippen LogP contribution in [0.4, 0.5) is 0 Å². The van der Waals surface area contributed by atoms with Crippen LogP contribution in [-0.4, -0.2) is 55.5 Å². The number of aliphatic imine (C=N–C) groups is 1. The van der Waals surface area contributed by atoms with Crippen molar-refractivity contribution in [3.63, 3.8) is 0 Å². The number of likely N-dealkylation sites (tertiary alicyclic amines) is 1. The van der Waals surface area contributed by atoms with Crippen molar-refractivity contribution >= 4 is 5.96 Å². The summed E-state index contributed by atoms with van der Waals surface area (Å²) in [5, 5.41) is 0. The van der Waals surface area contributed by atoms with Crippen LogP contribution in [0.3, 0.4) is 0 Å². The van der Waals surface area contributed by atoms with E-state index in [4.69, 9.17) is 10.7 Å². The Morgan fingerprint density at radius 2 is 1.74 bits per heavy atom. The molecule has 1 saturated heterocycles. The van der Waals surface area contributed by atoms with E-state index in [2.05, 4.69) is 23.9 Å². The van der Waals surface area contributed by atoms with Crippen molar-refractivity contribution in [2.45, 2.75) is 51.0 Å². The number of piperidine rings is 1. The zero-order valence-corrected chi connectivity index (χ0v) is 12.6. The molecule has 2 fully saturated rings. The molecule has 4 nitrogen and oxygen atoms in total. The van der Waals surface area contributed by atoms with E-state index in [0.717, 1.165) is 25.0 Å². The molecule has 0 radical (unpaired) electrons. The van der Waals surface area contributed by atoms with E-state index in [-0.39, 0.29) is 0 Å². The molecule has 0 bridgehead atoms. The van der Waals surface area contributed by atoms with E-state index < -0.39 is 0 Å². The minimum atomic E-state index is 0.494.